The number of aryl methyl sites for hydroxylation is 1. The number of hydrogen-bond donors (Lipinski definition) is 1. The van der Waals surface area contributed by atoms with Crippen LogP contribution in [0.2, 0.25) is 0 Å². The highest BCUT2D eigenvalue weighted by Gasteiger charge is 2.38. The molecule has 4 nitrogen and oxygen atoms in total. The van der Waals surface area contributed by atoms with Crippen LogP contribution in [0.25, 0.3) is 0 Å². The van der Waals surface area contributed by atoms with E-state index in [9.17, 15) is 0 Å². The molecule has 1 aromatic heterocycles. The minimum absolute atomic E-state index is 0. The fraction of sp³-hybridized carbons (Fsp3) is 0.833. The van der Waals surface area contributed by atoms with Crippen LogP contribution in [0.4, 0.5) is 0 Å². The van der Waals surface area contributed by atoms with Gasteiger partial charge in [-0.3, -0.25) is 4.90 Å². The molecule has 0 radical (unpaired) electrons. The number of likely N-dealkylation sites (tertiary alicyclic amines) is 1. The minimum atomic E-state index is 0. The molecule has 1 aromatic rings. The van der Waals surface area contributed by atoms with Crippen LogP contribution in [-0.2, 0) is 6.54 Å². The largest absolute Gasteiger partial charge is 0.317 e. The van der Waals surface area contributed by atoms with E-state index >= 15 is 0 Å². The summed E-state index contributed by atoms with van der Waals surface area (Å²) in [4.78, 5) is 2.56. The Morgan fingerprint density at radius 2 is 1.95 bits per heavy atom. The molecular weight excluding hydrogens is 303 g/mol. The lowest BCUT2D eigenvalue weighted by molar-refractivity contribution is 0.194. The maximum Gasteiger partial charge on any atom is 0.131 e. The Balaban J connectivity index is 0.000000902. The minimum Gasteiger partial charge on any atom is -0.317 e. The average molecular weight is 325 g/mol. The van der Waals surface area contributed by atoms with Gasteiger partial charge in [0.1, 0.15) is 10.0 Å². The standard InChI is InChI=1S/C12H20N4S.2ClH/c1-10-14-15-11(17-10)8-16-7-4-12(9-16)2-5-13-6-3-12;;/h13H,2-9H2,1H3;2*1H. The second-order valence-corrected chi connectivity index (χ2v) is 6.69. The van der Waals surface area contributed by atoms with Crippen molar-refractivity contribution in [3.8, 4) is 0 Å². The Hall–Kier alpha value is 0.0600. The van der Waals surface area contributed by atoms with Crippen molar-refractivity contribution in [2.24, 2.45) is 5.41 Å². The van der Waals surface area contributed by atoms with E-state index in [0.717, 1.165) is 11.6 Å². The van der Waals surface area contributed by atoms with Crippen molar-refractivity contribution in [3.63, 3.8) is 0 Å². The van der Waals surface area contributed by atoms with Gasteiger partial charge in [-0.05, 0) is 51.2 Å². The normalized spacial score (nSPS) is 21.9. The zero-order valence-electron chi connectivity index (χ0n) is 11.2. The quantitative estimate of drug-likeness (QED) is 0.906. The summed E-state index contributed by atoms with van der Waals surface area (Å²) >= 11 is 1.73. The van der Waals surface area contributed by atoms with Gasteiger partial charge in [0, 0.05) is 6.54 Å². The third kappa shape index (κ3) is 4.02. The molecule has 2 fully saturated rings. The van der Waals surface area contributed by atoms with E-state index in [-0.39, 0.29) is 24.8 Å². The van der Waals surface area contributed by atoms with E-state index in [1.165, 1.54) is 50.4 Å². The van der Waals surface area contributed by atoms with Gasteiger partial charge in [-0.2, -0.15) is 0 Å². The fourth-order valence-electron chi connectivity index (χ4n) is 3.12. The molecule has 0 unspecified atom stereocenters. The van der Waals surface area contributed by atoms with Crippen LogP contribution in [0.3, 0.4) is 0 Å². The van der Waals surface area contributed by atoms with Crippen molar-refractivity contribution >= 4 is 36.2 Å². The van der Waals surface area contributed by atoms with Gasteiger partial charge in [-0.1, -0.05) is 0 Å². The van der Waals surface area contributed by atoms with Crippen LogP contribution < -0.4 is 5.32 Å². The Morgan fingerprint density at radius 1 is 1.21 bits per heavy atom. The van der Waals surface area contributed by atoms with Gasteiger partial charge < -0.3 is 5.32 Å². The van der Waals surface area contributed by atoms with E-state index < -0.39 is 0 Å². The summed E-state index contributed by atoms with van der Waals surface area (Å²) in [6.07, 6.45) is 4.06. The highest BCUT2D eigenvalue weighted by molar-refractivity contribution is 7.11. The van der Waals surface area contributed by atoms with Crippen molar-refractivity contribution in [1.82, 2.24) is 20.4 Å². The Bertz CT molecular complexity index is 393. The lowest BCUT2D eigenvalue weighted by Gasteiger charge is -2.33. The predicted molar refractivity (Wildman–Crippen MR) is 83.6 cm³/mol. The number of rotatable bonds is 2. The molecule has 0 saturated carbocycles. The molecule has 0 bridgehead atoms. The van der Waals surface area contributed by atoms with Crippen LogP contribution in [0.5, 0.6) is 0 Å². The van der Waals surface area contributed by atoms with E-state index in [0.29, 0.717) is 5.41 Å². The first-order chi connectivity index (χ1) is 8.26. The van der Waals surface area contributed by atoms with Gasteiger partial charge in [-0.15, -0.1) is 46.3 Å². The summed E-state index contributed by atoms with van der Waals surface area (Å²) in [5.74, 6) is 0. The van der Waals surface area contributed by atoms with Crippen molar-refractivity contribution in [2.45, 2.75) is 32.7 Å². The Kier molecular flexibility index (Phi) is 6.47. The number of piperidine rings is 1. The lowest BCUT2D eigenvalue weighted by atomic mass is 9.78. The molecule has 0 aromatic carbocycles. The molecule has 2 aliphatic rings. The lowest BCUT2D eigenvalue weighted by Crippen LogP contribution is -2.38. The second kappa shape index (κ2) is 7.18. The summed E-state index contributed by atoms with van der Waals surface area (Å²) < 4.78 is 0. The average Bonchev–Trinajstić information content (AvgIpc) is 2.89. The second-order valence-electron chi connectivity index (χ2n) is 5.43. The summed E-state index contributed by atoms with van der Waals surface area (Å²) in [6.45, 7) is 7.92. The van der Waals surface area contributed by atoms with Gasteiger partial charge in [0.15, 0.2) is 0 Å². The van der Waals surface area contributed by atoms with E-state index in [1.54, 1.807) is 11.3 Å². The highest BCUT2D eigenvalue weighted by Crippen LogP contribution is 2.39. The fourth-order valence-corrected chi connectivity index (χ4v) is 3.87. The molecule has 0 aliphatic carbocycles. The first kappa shape index (κ1) is 17.1. The van der Waals surface area contributed by atoms with Crippen LogP contribution in [-0.4, -0.2) is 41.3 Å². The number of nitrogens with one attached hydrogen (secondary N) is 1. The molecule has 7 heteroatoms. The molecule has 3 heterocycles. The Labute approximate surface area is 131 Å². The smallest absolute Gasteiger partial charge is 0.131 e. The maximum absolute atomic E-state index is 4.23. The maximum atomic E-state index is 4.23. The number of aromatic nitrogens is 2. The highest BCUT2D eigenvalue weighted by atomic mass is 35.5. The molecule has 1 spiro atoms. The van der Waals surface area contributed by atoms with Crippen LogP contribution >= 0.6 is 36.2 Å². The first-order valence-corrected chi connectivity index (χ1v) is 7.30. The van der Waals surface area contributed by atoms with Gasteiger partial charge in [0.25, 0.3) is 0 Å². The zero-order chi connectivity index (χ0) is 11.7. The topological polar surface area (TPSA) is 41.1 Å². The molecule has 19 heavy (non-hydrogen) atoms. The molecule has 0 atom stereocenters. The van der Waals surface area contributed by atoms with Crippen molar-refractivity contribution < 1.29 is 0 Å². The molecule has 3 rings (SSSR count). The molecule has 0 amide bonds. The van der Waals surface area contributed by atoms with Crippen molar-refractivity contribution in [3.05, 3.63) is 10.0 Å². The van der Waals surface area contributed by atoms with Crippen LogP contribution in [0, 0.1) is 12.3 Å². The van der Waals surface area contributed by atoms with E-state index in [1.807, 2.05) is 6.92 Å². The number of halogens is 2. The van der Waals surface area contributed by atoms with Gasteiger partial charge >= 0.3 is 0 Å². The molecule has 2 aliphatic heterocycles. The summed E-state index contributed by atoms with van der Waals surface area (Å²) in [7, 11) is 0. The summed E-state index contributed by atoms with van der Waals surface area (Å²) in [5, 5.41) is 14.0. The molecular formula is C12H22Cl2N4S. The zero-order valence-corrected chi connectivity index (χ0v) is 13.7. The van der Waals surface area contributed by atoms with Crippen LogP contribution in [0.15, 0.2) is 0 Å². The van der Waals surface area contributed by atoms with Gasteiger partial charge in [-0.25, -0.2) is 0 Å². The summed E-state index contributed by atoms with van der Waals surface area (Å²) in [6, 6.07) is 0. The molecule has 2 saturated heterocycles. The first-order valence-electron chi connectivity index (χ1n) is 6.48. The van der Waals surface area contributed by atoms with Crippen molar-refractivity contribution in [1.29, 1.82) is 0 Å². The van der Waals surface area contributed by atoms with Crippen molar-refractivity contribution in [2.75, 3.05) is 26.2 Å². The van der Waals surface area contributed by atoms with Gasteiger partial charge in [0.2, 0.25) is 0 Å². The third-order valence-electron chi connectivity index (χ3n) is 4.11. The Morgan fingerprint density at radius 3 is 2.58 bits per heavy atom. The van der Waals surface area contributed by atoms with E-state index in [4.69, 9.17) is 0 Å². The SMILES string of the molecule is Cc1nnc(CN2CCC3(CCNCC3)C2)s1.Cl.Cl. The monoisotopic (exact) mass is 324 g/mol. The summed E-state index contributed by atoms with van der Waals surface area (Å²) in [5.41, 5.74) is 0.602. The number of hydrogen-bond acceptors (Lipinski definition) is 5. The third-order valence-corrected chi connectivity index (χ3v) is 4.93. The number of nitrogens with zero attached hydrogens (tertiary/aromatic N) is 3. The molecule has 1 N–H and O–H groups in total. The molecule has 110 valence electrons. The van der Waals surface area contributed by atoms with Gasteiger partial charge in [0.05, 0.1) is 6.54 Å². The van der Waals surface area contributed by atoms with E-state index in [2.05, 4.69) is 20.4 Å². The van der Waals surface area contributed by atoms with Crippen LogP contribution in [0.1, 0.15) is 29.3 Å². The predicted octanol–water partition coefficient (Wildman–Crippen LogP) is 2.27.